The first-order chi connectivity index (χ1) is 7.36. The smallest absolute Gasteiger partial charge is 0.0769 e. The second kappa shape index (κ2) is 5.00. The third-order valence-corrected chi connectivity index (χ3v) is 3.24. The maximum Gasteiger partial charge on any atom is 0.0769 e. The number of aromatic nitrogens is 2. The minimum atomic E-state index is 0.368. The molecular formula is C11H13N3S. The van der Waals surface area contributed by atoms with Crippen LogP contribution >= 0.6 is 11.3 Å². The van der Waals surface area contributed by atoms with E-state index in [0.717, 1.165) is 12.2 Å². The van der Waals surface area contributed by atoms with Gasteiger partial charge in [0.1, 0.15) is 0 Å². The van der Waals surface area contributed by atoms with E-state index in [9.17, 15) is 0 Å². The fourth-order valence-corrected chi connectivity index (χ4v) is 2.08. The molecule has 0 aliphatic carbocycles. The number of hydrogen-bond donors (Lipinski definition) is 1. The van der Waals surface area contributed by atoms with E-state index in [-0.39, 0.29) is 0 Å². The van der Waals surface area contributed by atoms with Crippen LogP contribution in [0.15, 0.2) is 35.8 Å². The molecule has 4 heteroatoms. The molecule has 0 aromatic carbocycles. The molecule has 0 saturated heterocycles. The summed E-state index contributed by atoms with van der Waals surface area (Å²) in [5.74, 6) is 0. The van der Waals surface area contributed by atoms with Gasteiger partial charge in [-0.1, -0.05) is 6.07 Å². The van der Waals surface area contributed by atoms with Crippen molar-refractivity contribution in [2.24, 2.45) is 0 Å². The Morgan fingerprint density at radius 3 is 3.00 bits per heavy atom. The number of nitrogens with one attached hydrogen (secondary N) is 1. The van der Waals surface area contributed by atoms with Crippen molar-refractivity contribution >= 4 is 11.3 Å². The Morgan fingerprint density at radius 1 is 1.40 bits per heavy atom. The zero-order valence-corrected chi connectivity index (χ0v) is 9.37. The van der Waals surface area contributed by atoms with Gasteiger partial charge in [0, 0.05) is 23.7 Å². The van der Waals surface area contributed by atoms with Gasteiger partial charge in [0.2, 0.25) is 0 Å². The summed E-state index contributed by atoms with van der Waals surface area (Å²) in [6.45, 7) is 2.91. The Morgan fingerprint density at radius 2 is 2.33 bits per heavy atom. The van der Waals surface area contributed by atoms with Gasteiger partial charge >= 0.3 is 0 Å². The van der Waals surface area contributed by atoms with Crippen molar-refractivity contribution in [3.8, 4) is 0 Å². The minimum absolute atomic E-state index is 0.368. The van der Waals surface area contributed by atoms with Gasteiger partial charge in [-0.2, -0.15) is 10.2 Å². The Balaban J connectivity index is 1.89. The summed E-state index contributed by atoms with van der Waals surface area (Å²) < 4.78 is 0. The Hall–Kier alpha value is -1.26. The van der Waals surface area contributed by atoms with Crippen LogP contribution in [-0.4, -0.2) is 10.2 Å². The molecule has 0 amide bonds. The molecule has 0 radical (unpaired) electrons. The fraction of sp³-hybridized carbons (Fsp3) is 0.273. The van der Waals surface area contributed by atoms with Crippen molar-refractivity contribution in [1.29, 1.82) is 0 Å². The van der Waals surface area contributed by atoms with E-state index >= 15 is 0 Å². The molecule has 78 valence electrons. The van der Waals surface area contributed by atoms with E-state index in [4.69, 9.17) is 0 Å². The summed E-state index contributed by atoms with van der Waals surface area (Å²) in [6, 6.07) is 8.45. The van der Waals surface area contributed by atoms with Gasteiger partial charge in [0.05, 0.1) is 5.69 Å². The van der Waals surface area contributed by atoms with Crippen LogP contribution in [0.1, 0.15) is 23.5 Å². The van der Waals surface area contributed by atoms with E-state index < -0.39 is 0 Å². The molecule has 2 rings (SSSR count). The molecule has 1 atom stereocenters. The standard InChI is InChI=1S/C11H13N3S/c1-9(11-5-3-7-15-11)12-8-10-4-2-6-13-14-10/h2-7,9,12H,8H2,1H3. The van der Waals surface area contributed by atoms with Crippen molar-refractivity contribution in [2.75, 3.05) is 0 Å². The van der Waals surface area contributed by atoms with Crippen LogP contribution in [0.25, 0.3) is 0 Å². The van der Waals surface area contributed by atoms with Crippen LogP contribution in [0.2, 0.25) is 0 Å². The minimum Gasteiger partial charge on any atom is -0.304 e. The van der Waals surface area contributed by atoms with E-state index in [1.807, 2.05) is 12.1 Å². The fourth-order valence-electron chi connectivity index (χ4n) is 1.32. The van der Waals surface area contributed by atoms with Crippen molar-refractivity contribution in [1.82, 2.24) is 15.5 Å². The van der Waals surface area contributed by atoms with Crippen LogP contribution in [-0.2, 0) is 6.54 Å². The average Bonchev–Trinajstić information content (AvgIpc) is 2.81. The molecular weight excluding hydrogens is 206 g/mol. The first-order valence-electron chi connectivity index (χ1n) is 4.89. The van der Waals surface area contributed by atoms with Gasteiger partial charge in [0.15, 0.2) is 0 Å². The Labute approximate surface area is 93.2 Å². The van der Waals surface area contributed by atoms with Crippen LogP contribution < -0.4 is 5.32 Å². The van der Waals surface area contributed by atoms with Crippen LogP contribution in [0.5, 0.6) is 0 Å². The molecule has 0 saturated carbocycles. The zero-order valence-electron chi connectivity index (χ0n) is 8.55. The maximum atomic E-state index is 4.02. The summed E-state index contributed by atoms with van der Waals surface area (Å²) in [4.78, 5) is 1.35. The molecule has 0 bridgehead atoms. The van der Waals surface area contributed by atoms with Crippen molar-refractivity contribution in [3.05, 3.63) is 46.4 Å². The zero-order chi connectivity index (χ0) is 10.5. The summed E-state index contributed by atoms with van der Waals surface area (Å²) >= 11 is 1.77. The monoisotopic (exact) mass is 219 g/mol. The lowest BCUT2D eigenvalue weighted by Gasteiger charge is -2.10. The van der Waals surface area contributed by atoms with Crippen LogP contribution in [0.3, 0.4) is 0 Å². The molecule has 2 aromatic rings. The van der Waals surface area contributed by atoms with E-state index in [2.05, 4.69) is 40.0 Å². The van der Waals surface area contributed by atoms with Gasteiger partial charge in [-0.15, -0.1) is 11.3 Å². The first-order valence-corrected chi connectivity index (χ1v) is 5.77. The number of hydrogen-bond acceptors (Lipinski definition) is 4. The summed E-state index contributed by atoms with van der Waals surface area (Å²) in [6.07, 6.45) is 1.69. The quantitative estimate of drug-likeness (QED) is 0.858. The first kappa shape index (κ1) is 10.3. The molecule has 0 spiro atoms. The SMILES string of the molecule is CC(NCc1cccnn1)c1cccs1. The van der Waals surface area contributed by atoms with E-state index in [1.165, 1.54) is 4.88 Å². The second-order valence-corrected chi connectivity index (χ2v) is 4.31. The highest BCUT2D eigenvalue weighted by atomic mass is 32.1. The predicted octanol–water partition coefficient (Wildman–Crippen LogP) is 2.39. The second-order valence-electron chi connectivity index (χ2n) is 3.33. The highest BCUT2D eigenvalue weighted by molar-refractivity contribution is 7.10. The topological polar surface area (TPSA) is 37.8 Å². The van der Waals surface area contributed by atoms with Crippen LogP contribution in [0, 0.1) is 0 Å². The van der Waals surface area contributed by atoms with Crippen LogP contribution in [0.4, 0.5) is 0 Å². The molecule has 0 aliphatic rings. The summed E-state index contributed by atoms with van der Waals surface area (Å²) in [7, 11) is 0. The van der Waals surface area contributed by atoms with E-state index in [0.29, 0.717) is 6.04 Å². The lowest BCUT2D eigenvalue weighted by atomic mass is 10.2. The van der Waals surface area contributed by atoms with Crippen molar-refractivity contribution < 1.29 is 0 Å². The third kappa shape index (κ3) is 2.84. The lowest BCUT2D eigenvalue weighted by Crippen LogP contribution is -2.17. The number of thiophene rings is 1. The van der Waals surface area contributed by atoms with E-state index in [1.54, 1.807) is 17.5 Å². The van der Waals surface area contributed by atoms with Crippen molar-refractivity contribution in [2.45, 2.75) is 19.5 Å². The van der Waals surface area contributed by atoms with Gasteiger partial charge in [-0.25, -0.2) is 0 Å². The van der Waals surface area contributed by atoms with Gasteiger partial charge in [-0.05, 0) is 30.5 Å². The Bertz CT molecular complexity index is 385. The average molecular weight is 219 g/mol. The van der Waals surface area contributed by atoms with Crippen molar-refractivity contribution in [3.63, 3.8) is 0 Å². The molecule has 1 N–H and O–H groups in total. The third-order valence-electron chi connectivity index (χ3n) is 2.19. The summed E-state index contributed by atoms with van der Waals surface area (Å²) in [5.41, 5.74) is 0.973. The van der Waals surface area contributed by atoms with Gasteiger partial charge in [-0.3, -0.25) is 0 Å². The highest BCUT2D eigenvalue weighted by Crippen LogP contribution is 2.18. The lowest BCUT2D eigenvalue weighted by molar-refractivity contribution is 0.571. The Kier molecular flexibility index (Phi) is 3.42. The predicted molar refractivity (Wildman–Crippen MR) is 61.6 cm³/mol. The highest BCUT2D eigenvalue weighted by Gasteiger charge is 2.05. The number of nitrogens with zero attached hydrogens (tertiary/aromatic N) is 2. The van der Waals surface area contributed by atoms with Gasteiger partial charge in [0.25, 0.3) is 0 Å². The largest absolute Gasteiger partial charge is 0.304 e. The molecule has 2 heterocycles. The molecule has 2 aromatic heterocycles. The van der Waals surface area contributed by atoms with Gasteiger partial charge < -0.3 is 5.32 Å². The molecule has 3 nitrogen and oxygen atoms in total. The number of rotatable bonds is 4. The molecule has 1 unspecified atom stereocenters. The molecule has 0 aliphatic heterocycles. The normalized spacial score (nSPS) is 12.6. The molecule has 15 heavy (non-hydrogen) atoms. The molecule has 0 fully saturated rings. The maximum absolute atomic E-state index is 4.02. The summed E-state index contributed by atoms with van der Waals surface area (Å²) in [5, 5.41) is 13.4.